The molecule has 0 aliphatic rings. The zero-order valence-corrected chi connectivity index (χ0v) is 9.65. The molecule has 0 saturated carbocycles. The maximum absolute atomic E-state index is 11.6. The van der Waals surface area contributed by atoms with Gasteiger partial charge in [0, 0.05) is 11.1 Å². The Morgan fingerprint density at radius 3 is 3.00 bits per heavy atom. The molecule has 2 rings (SSSR count). The Hall–Kier alpha value is -2.14. The van der Waals surface area contributed by atoms with Crippen LogP contribution in [0.4, 0.5) is 0 Å². The van der Waals surface area contributed by atoms with Gasteiger partial charge in [0.2, 0.25) is 0 Å². The number of nitrogens with zero attached hydrogens (tertiary/aromatic N) is 1. The molecule has 0 spiro atoms. The van der Waals surface area contributed by atoms with Crippen LogP contribution in [0.15, 0.2) is 46.2 Å². The summed E-state index contributed by atoms with van der Waals surface area (Å²) in [5.74, 6) is -0.299. The molecule has 2 N–H and O–H groups in total. The molecule has 17 heavy (non-hydrogen) atoms. The van der Waals surface area contributed by atoms with Crippen molar-refractivity contribution in [1.29, 1.82) is 0 Å². The summed E-state index contributed by atoms with van der Waals surface area (Å²) >= 11 is 1.56. The minimum Gasteiger partial charge on any atom is -0.508 e. The predicted octanol–water partition coefficient (Wildman–Crippen LogP) is 2.22. The van der Waals surface area contributed by atoms with E-state index in [4.69, 9.17) is 0 Å². The first-order chi connectivity index (χ1) is 8.25. The third-order valence-electron chi connectivity index (χ3n) is 2.03. The van der Waals surface area contributed by atoms with Gasteiger partial charge in [-0.15, -0.1) is 0 Å². The molecule has 2 aromatic rings. The maximum atomic E-state index is 11.6. The lowest BCUT2D eigenvalue weighted by atomic mass is 10.2. The third-order valence-corrected chi connectivity index (χ3v) is 2.73. The average molecular weight is 246 g/mol. The second-order valence-corrected chi connectivity index (χ2v) is 4.09. The van der Waals surface area contributed by atoms with Crippen LogP contribution in [-0.4, -0.2) is 17.2 Å². The number of carbonyl (C=O) groups is 1. The molecule has 1 heterocycles. The van der Waals surface area contributed by atoms with E-state index in [-0.39, 0.29) is 11.7 Å². The lowest BCUT2D eigenvalue weighted by Gasteiger charge is -1.99. The van der Waals surface area contributed by atoms with Crippen LogP contribution in [0.2, 0.25) is 0 Å². The second-order valence-electron chi connectivity index (χ2n) is 3.31. The molecule has 0 saturated heterocycles. The van der Waals surface area contributed by atoms with Crippen molar-refractivity contribution >= 4 is 23.5 Å². The summed E-state index contributed by atoms with van der Waals surface area (Å²) in [5, 5.41) is 16.9. The van der Waals surface area contributed by atoms with Crippen LogP contribution in [0.25, 0.3) is 0 Å². The minimum atomic E-state index is -0.354. The lowest BCUT2D eigenvalue weighted by Crippen LogP contribution is -2.17. The molecule has 5 heteroatoms. The van der Waals surface area contributed by atoms with Gasteiger partial charge in [-0.2, -0.15) is 16.4 Å². The van der Waals surface area contributed by atoms with E-state index in [1.54, 1.807) is 29.7 Å². The van der Waals surface area contributed by atoms with Gasteiger partial charge in [0.1, 0.15) is 5.75 Å². The molecule has 4 nitrogen and oxygen atoms in total. The normalized spacial score (nSPS) is 10.6. The number of amides is 1. The van der Waals surface area contributed by atoms with E-state index in [0.717, 1.165) is 5.56 Å². The van der Waals surface area contributed by atoms with E-state index in [2.05, 4.69) is 10.5 Å². The Balaban J connectivity index is 1.98. The quantitative estimate of drug-likeness (QED) is 0.644. The standard InChI is InChI=1S/C12H10N2O2S/c15-11-3-1-2-10(6-11)12(16)14-13-7-9-4-5-17-8-9/h1-8,15H,(H,14,16)/b13-7-. The average Bonchev–Trinajstić information content (AvgIpc) is 2.82. The van der Waals surface area contributed by atoms with Gasteiger partial charge in [0.05, 0.1) is 6.21 Å². The summed E-state index contributed by atoms with van der Waals surface area (Å²) in [7, 11) is 0. The number of aromatic hydroxyl groups is 1. The van der Waals surface area contributed by atoms with Crippen LogP contribution in [0, 0.1) is 0 Å². The Morgan fingerprint density at radius 2 is 2.29 bits per heavy atom. The SMILES string of the molecule is O=C(N/N=C\c1ccsc1)c1cccc(O)c1. The zero-order valence-electron chi connectivity index (χ0n) is 8.83. The first-order valence-corrected chi connectivity index (χ1v) is 5.84. The highest BCUT2D eigenvalue weighted by Gasteiger charge is 2.03. The Morgan fingerprint density at radius 1 is 1.41 bits per heavy atom. The second kappa shape index (κ2) is 5.27. The molecule has 86 valence electrons. The van der Waals surface area contributed by atoms with Gasteiger partial charge in [-0.25, -0.2) is 5.43 Å². The van der Waals surface area contributed by atoms with E-state index in [1.165, 1.54) is 12.1 Å². The van der Waals surface area contributed by atoms with Gasteiger partial charge in [0.25, 0.3) is 5.91 Å². The van der Waals surface area contributed by atoms with Crippen molar-refractivity contribution in [3.8, 4) is 5.75 Å². The summed E-state index contributed by atoms with van der Waals surface area (Å²) in [5.41, 5.74) is 3.69. The van der Waals surface area contributed by atoms with E-state index < -0.39 is 0 Å². The van der Waals surface area contributed by atoms with Crippen molar-refractivity contribution in [2.24, 2.45) is 5.10 Å². The fourth-order valence-electron chi connectivity index (χ4n) is 1.23. The molecule has 0 atom stereocenters. The topological polar surface area (TPSA) is 61.7 Å². The summed E-state index contributed by atoms with van der Waals surface area (Å²) in [6.07, 6.45) is 1.57. The molecule has 0 bridgehead atoms. The van der Waals surface area contributed by atoms with Crippen LogP contribution in [0.5, 0.6) is 5.75 Å². The zero-order chi connectivity index (χ0) is 12.1. The smallest absolute Gasteiger partial charge is 0.271 e. The van der Waals surface area contributed by atoms with Crippen molar-refractivity contribution < 1.29 is 9.90 Å². The Kier molecular flexibility index (Phi) is 3.52. The highest BCUT2D eigenvalue weighted by atomic mass is 32.1. The number of hydrogen-bond donors (Lipinski definition) is 2. The molecule has 0 fully saturated rings. The van der Waals surface area contributed by atoms with Crippen molar-refractivity contribution in [1.82, 2.24) is 5.43 Å². The molecular weight excluding hydrogens is 236 g/mol. The number of benzene rings is 1. The lowest BCUT2D eigenvalue weighted by molar-refractivity contribution is 0.0954. The molecule has 0 aliphatic heterocycles. The molecule has 1 aromatic carbocycles. The van der Waals surface area contributed by atoms with Gasteiger partial charge in [0.15, 0.2) is 0 Å². The number of rotatable bonds is 3. The number of phenolic OH excluding ortho intramolecular Hbond substituents is 1. The summed E-state index contributed by atoms with van der Waals surface area (Å²) < 4.78 is 0. The van der Waals surface area contributed by atoms with Crippen molar-refractivity contribution in [3.05, 3.63) is 52.2 Å². The Labute approximate surface area is 102 Å². The number of thiophene rings is 1. The fraction of sp³-hybridized carbons (Fsp3) is 0. The van der Waals surface area contributed by atoms with Crippen LogP contribution >= 0.6 is 11.3 Å². The van der Waals surface area contributed by atoms with Crippen molar-refractivity contribution in [2.75, 3.05) is 0 Å². The van der Waals surface area contributed by atoms with Crippen molar-refractivity contribution in [2.45, 2.75) is 0 Å². The summed E-state index contributed by atoms with van der Waals surface area (Å²) in [4.78, 5) is 11.6. The maximum Gasteiger partial charge on any atom is 0.271 e. The third kappa shape index (κ3) is 3.15. The molecule has 0 aliphatic carbocycles. The summed E-state index contributed by atoms with van der Waals surface area (Å²) in [6.45, 7) is 0. The van der Waals surface area contributed by atoms with Crippen LogP contribution in [0.3, 0.4) is 0 Å². The monoisotopic (exact) mass is 246 g/mol. The Bertz CT molecular complexity index is 535. The number of hydrazone groups is 1. The van der Waals surface area contributed by atoms with Gasteiger partial charge >= 0.3 is 0 Å². The van der Waals surface area contributed by atoms with Gasteiger partial charge in [-0.05, 0) is 35.0 Å². The number of nitrogens with one attached hydrogen (secondary N) is 1. The fourth-order valence-corrected chi connectivity index (χ4v) is 1.84. The van der Waals surface area contributed by atoms with Crippen LogP contribution in [-0.2, 0) is 0 Å². The molecule has 0 radical (unpaired) electrons. The van der Waals surface area contributed by atoms with Gasteiger partial charge < -0.3 is 5.11 Å². The molecule has 0 unspecified atom stereocenters. The van der Waals surface area contributed by atoms with E-state index in [1.807, 2.05) is 16.8 Å². The van der Waals surface area contributed by atoms with E-state index in [0.29, 0.717) is 5.56 Å². The van der Waals surface area contributed by atoms with Crippen LogP contribution in [0.1, 0.15) is 15.9 Å². The first-order valence-electron chi connectivity index (χ1n) is 4.90. The van der Waals surface area contributed by atoms with Crippen LogP contribution < -0.4 is 5.43 Å². The number of carbonyl (C=O) groups excluding carboxylic acids is 1. The number of phenols is 1. The van der Waals surface area contributed by atoms with Crippen molar-refractivity contribution in [3.63, 3.8) is 0 Å². The largest absolute Gasteiger partial charge is 0.508 e. The van der Waals surface area contributed by atoms with E-state index in [9.17, 15) is 9.90 Å². The predicted molar refractivity (Wildman–Crippen MR) is 67.5 cm³/mol. The first kappa shape index (κ1) is 11.3. The highest BCUT2D eigenvalue weighted by Crippen LogP contribution is 2.10. The molecular formula is C12H10N2O2S. The molecule has 1 amide bonds. The van der Waals surface area contributed by atoms with Gasteiger partial charge in [-0.3, -0.25) is 4.79 Å². The van der Waals surface area contributed by atoms with E-state index >= 15 is 0 Å². The van der Waals surface area contributed by atoms with Gasteiger partial charge in [-0.1, -0.05) is 6.07 Å². The highest BCUT2D eigenvalue weighted by molar-refractivity contribution is 7.08. The minimum absolute atomic E-state index is 0.0551. The summed E-state index contributed by atoms with van der Waals surface area (Å²) in [6, 6.07) is 8.00. The number of hydrogen-bond acceptors (Lipinski definition) is 4. The molecule has 1 aromatic heterocycles.